The van der Waals surface area contributed by atoms with Crippen LogP contribution in [0.15, 0.2) is 24.4 Å². The summed E-state index contributed by atoms with van der Waals surface area (Å²) in [5.74, 6) is 0. The second-order valence-electron chi connectivity index (χ2n) is 6.27. The highest BCUT2D eigenvalue weighted by atomic mass is 127. The van der Waals surface area contributed by atoms with Gasteiger partial charge >= 0.3 is 0 Å². The number of hydrogen-bond donors (Lipinski definition) is 2. The first-order chi connectivity index (χ1) is 12.0. The third kappa shape index (κ3) is 3.68. The van der Waals surface area contributed by atoms with Gasteiger partial charge in [-0.15, -0.1) is 0 Å². The van der Waals surface area contributed by atoms with Crippen LogP contribution in [0.4, 0.5) is 0 Å². The van der Waals surface area contributed by atoms with Crippen LogP contribution in [0.1, 0.15) is 41.1 Å². The van der Waals surface area contributed by atoms with Gasteiger partial charge in [-0.05, 0) is 67.2 Å². The molecule has 25 heavy (non-hydrogen) atoms. The molecule has 2 aromatic heterocycles. The maximum atomic E-state index is 5.67. The lowest BCUT2D eigenvalue weighted by Gasteiger charge is -2.28. The summed E-state index contributed by atoms with van der Waals surface area (Å²) >= 11 is 8.10. The molecule has 0 radical (unpaired) electrons. The van der Waals surface area contributed by atoms with E-state index in [1.54, 1.807) is 7.11 Å². The lowest BCUT2D eigenvalue weighted by Crippen LogP contribution is -2.31. The summed E-state index contributed by atoms with van der Waals surface area (Å²) in [6, 6.07) is 6.19. The highest BCUT2D eigenvalue weighted by Gasteiger charge is 2.41. The van der Waals surface area contributed by atoms with E-state index in [0.717, 1.165) is 30.4 Å². The number of thiocarbonyl (C=S) groups is 1. The summed E-state index contributed by atoms with van der Waals surface area (Å²) in [6.07, 6.45) is 2.77. The zero-order chi connectivity index (χ0) is 18.0. The number of aromatic amines is 1. The number of methoxy groups -OCH3 is 1. The van der Waals surface area contributed by atoms with Crippen molar-refractivity contribution in [3.63, 3.8) is 0 Å². The molecule has 2 atom stereocenters. The fourth-order valence-electron chi connectivity index (χ4n) is 3.46. The van der Waals surface area contributed by atoms with Crippen LogP contribution in [-0.4, -0.2) is 40.2 Å². The van der Waals surface area contributed by atoms with Gasteiger partial charge in [-0.2, -0.15) is 0 Å². The molecule has 1 aliphatic heterocycles. The fraction of sp³-hybridized carbons (Fsp3) is 0.444. The number of rotatable bonds is 6. The molecule has 1 saturated heterocycles. The normalized spacial score (nSPS) is 20.2. The van der Waals surface area contributed by atoms with Gasteiger partial charge < -0.3 is 19.9 Å². The number of aryl methyl sites for hydroxylation is 2. The van der Waals surface area contributed by atoms with Crippen LogP contribution in [0.5, 0.6) is 0 Å². The van der Waals surface area contributed by atoms with E-state index in [2.05, 4.69) is 62.7 Å². The number of ether oxygens (including phenoxy) is 1. The number of pyridine rings is 1. The number of aromatic nitrogens is 2. The molecule has 7 heteroatoms. The van der Waals surface area contributed by atoms with Crippen molar-refractivity contribution in [2.24, 2.45) is 0 Å². The number of halogens is 1. The highest BCUT2D eigenvalue weighted by Crippen LogP contribution is 2.42. The van der Waals surface area contributed by atoms with Crippen LogP contribution >= 0.6 is 34.8 Å². The highest BCUT2D eigenvalue weighted by molar-refractivity contribution is 14.1. The number of hydrogen-bond acceptors (Lipinski definition) is 3. The van der Waals surface area contributed by atoms with E-state index in [4.69, 9.17) is 17.0 Å². The minimum atomic E-state index is 0.0404. The topological polar surface area (TPSA) is 53.2 Å². The molecule has 2 aromatic rings. The summed E-state index contributed by atoms with van der Waals surface area (Å²) in [6.45, 7) is 5.83. The van der Waals surface area contributed by atoms with Gasteiger partial charge in [0.05, 0.1) is 17.8 Å². The summed E-state index contributed by atoms with van der Waals surface area (Å²) < 4.78 is 6.50. The van der Waals surface area contributed by atoms with E-state index in [-0.39, 0.29) is 12.1 Å². The Kier molecular flexibility index (Phi) is 5.96. The van der Waals surface area contributed by atoms with E-state index in [1.165, 1.54) is 20.5 Å². The van der Waals surface area contributed by atoms with Gasteiger partial charge in [-0.3, -0.25) is 4.98 Å². The zero-order valence-corrected chi connectivity index (χ0v) is 17.6. The van der Waals surface area contributed by atoms with E-state index in [1.807, 2.05) is 18.3 Å². The molecule has 0 bridgehead atoms. The lowest BCUT2D eigenvalue weighted by molar-refractivity contribution is 0.180. The van der Waals surface area contributed by atoms with Crippen LogP contribution in [0.2, 0.25) is 0 Å². The van der Waals surface area contributed by atoms with Gasteiger partial charge in [0.15, 0.2) is 5.11 Å². The Labute approximate surface area is 167 Å². The summed E-state index contributed by atoms with van der Waals surface area (Å²) in [7, 11) is 1.73. The molecule has 1 fully saturated rings. The maximum absolute atomic E-state index is 5.67. The van der Waals surface area contributed by atoms with Crippen LogP contribution in [0.3, 0.4) is 0 Å². The first kappa shape index (κ1) is 18.6. The van der Waals surface area contributed by atoms with Crippen molar-refractivity contribution in [1.82, 2.24) is 20.2 Å². The predicted molar refractivity (Wildman–Crippen MR) is 112 cm³/mol. The number of H-pyrrole nitrogens is 1. The number of nitrogens with one attached hydrogen (secondary N) is 2. The van der Waals surface area contributed by atoms with Crippen molar-refractivity contribution in [3.8, 4) is 0 Å². The zero-order valence-electron chi connectivity index (χ0n) is 14.7. The molecule has 0 unspecified atom stereocenters. The first-order valence-electron chi connectivity index (χ1n) is 8.36. The van der Waals surface area contributed by atoms with Crippen molar-refractivity contribution in [1.29, 1.82) is 0 Å². The molecule has 0 saturated carbocycles. The second kappa shape index (κ2) is 8.01. The Morgan fingerprint density at radius 1 is 1.32 bits per heavy atom. The Hall–Kier alpha value is -1.19. The first-order valence-corrected chi connectivity index (χ1v) is 9.84. The molecule has 3 heterocycles. The summed E-state index contributed by atoms with van der Waals surface area (Å²) in [4.78, 5) is 10.3. The van der Waals surface area contributed by atoms with Gasteiger partial charge in [0, 0.05) is 47.0 Å². The second-order valence-corrected chi connectivity index (χ2v) is 7.73. The minimum absolute atomic E-state index is 0.0404. The maximum Gasteiger partial charge on any atom is 0.170 e. The van der Waals surface area contributed by atoms with Gasteiger partial charge in [-0.1, -0.05) is 6.07 Å². The van der Waals surface area contributed by atoms with Crippen LogP contribution < -0.4 is 5.32 Å². The third-order valence-corrected chi connectivity index (χ3v) is 6.33. The van der Waals surface area contributed by atoms with E-state index in [0.29, 0.717) is 0 Å². The Morgan fingerprint density at radius 2 is 2.12 bits per heavy atom. The average molecular weight is 470 g/mol. The lowest BCUT2D eigenvalue weighted by atomic mass is 9.96. The van der Waals surface area contributed by atoms with Gasteiger partial charge in [0.2, 0.25) is 0 Å². The minimum Gasteiger partial charge on any atom is -0.385 e. The Morgan fingerprint density at radius 3 is 2.72 bits per heavy atom. The molecular formula is C18H23IN4OS. The monoisotopic (exact) mass is 470 g/mol. The molecule has 0 amide bonds. The molecule has 0 aromatic carbocycles. The number of nitrogens with zero attached hydrogens (tertiary/aromatic N) is 2. The molecule has 5 nitrogen and oxygen atoms in total. The van der Waals surface area contributed by atoms with Gasteiger partial charge in [-0.25, -0.2) is 0 Å². The molecule has 2 N–H and O–H groups in total. The van der Waals surface area contributed by atoms with E-state index in [9.17, 15) is 0 Å². The largest absolute Gasteiger partial charge is 0.385 e. The third-order valence-electron chi connectivity index (χ3n) is 4.59. The standard InChI is InChI=1S/C18H23IN4OS/c1-11-14(15(19)12(2)21-11)17-16(13-7-4-5-8-20-13)22-18(25)23(17)9-6-10-24-3/h4-5,7-8,16-17,21H,6,9-10H2,1-3H3,(H,22,25)/t16-,17+/m1/s1. The quantitative estimate of drug-likeness (QED) is 0.384. The van der Waals surface area contributed by atoms with Crippen molar-refractivity contribution < 1.29 is 4.74 Å². The van der Waals surface area contributed by atoms with Crippen molar-refractivity contribution in [2.45, 2.75) is 32.4 Å². The molecule has 134 valence electrons. The smallest absolute Gasteiger partial charge is 0.170 e. The van der Waals surface area contributed by atoms with E-state index < -0.39 is 0 Å². The Balaban J connectivity index is 2.02. The molecule has 3 rings (SSSR count). The van der Waals surface area contributed by atoms with Crippen molar-refractivity contribution in [2.75, 3.05) is 20.3 Å². The predicted octanol–water partition coefficient (Wildman–Crippen LogP) is 3.64. The fourth-order valence-corrected chi connectivity index (χ4v) is 4.65. The molecule has 0 spiro atoms. The molecular weight excluding hydrogens is 447 g/mol. The molecule has 0 aliphatic carbocycles. The summed E-state index contributed by atoms with van der Waals surface area (Å²) in [5.41, 5.74) is 4.70. The summed E-state index contributed by atoms with van der Waals surface area (Å²) in [5, 5.41) is 4.28. The average Bonchev–Trinajstić information content (AvgIpc) is 3.05. The van der Waals surface area contributed by atoms with Crippen LogP contribution in [0.25, 0.3) is 0 Å². The van der Waals surface area contributed by atoms with Gasteiger partial charge in [0.1, 0.15) is 0 Å². The van der Waals surface area contributed by atoms with Crippen molar-refractivity contribution >= 4 is 39.9 Å². The van der Waals surface area contributed by atoms with Crippen LogP contribution in [0, 0.1) is 17.4 Å². The van der Waals surface area contributed by atoms with Gasteiger partial charge in [0.25, 0.3) is 0 Å². The van der Waals surface area contributed by atoms with E-state index >= 15 is 0 Å². The Bertz CT molecular complexity index is 749. The SMILES string of the molecule is COCCCN1C(=S)N[C@H](c2ccccn2)[C@@H]1c1c(C)[nH]c(C)c1I. The molecule has 1 aliphatic rings. The van der Waals surface area contributed by atoms with Crippen molar-refractivity contribution in [3.05, 3.63) is 50.6 Å². The van der Waals surface area contributed by atoms with Crippen LogP contribution in [-0.2, 0) is 4.74 Å².